The summed E-state index contributed by atoms with van der Waals surface area (Å²) in [5.74, 6) is 0.969. The standard InChI is InChI=1S/C13H7BrCl2O3S/c14-8-5-10-9(18-1-2-19-10)3-6(8)12(17)7-4-11(15)20-13(7)16/h3-5H,1-2H2. The predicted molar refractivity (Wildman–Crippen MR) is 82.9 cm³/mol. The third kappa shape index (κ3) is 2.55. The van der Waals surface area contributed by atoms with E-state index in [0.29, 0.717) is 49.0 Å². The van der Waals surface area contributed by atoms with E-state index in [2.05, 4.69) is 15.9 Å². The number of fused-ring (bicyclic) bond motifs is 1. The number of rotatable bonds is 2. The Morgan fingerprint density at radius 1 is 1.10 bits per heavy atom. The van der Waals surface area contributed by atoms with Crippen LogP contribution in [0.3, 0.4) is 0 Å². The molecule has 0 bridgehead atoms. The van der Waals surface area contributed by atoms with Crippen LogP contribution in [-0.4, -0.2) is 19.0 Å². The molecule has 7 heteroatoms. The van der Waals surface area contributed by atoms with Gasteiger partial charge in [0.05, 0.1) is 9.90 Å². The minimum absolute atomic E-state index is 0.206. The molecule has 0 saturated carbocycles. The van der Waals surface area contributed by atoms with Gasteiger partial charge < -0.3 is 9.47 Å². The number of hydrogen-bond acceptors (Lipinski definition) is 4. The fourth-order valence-electron chi connectivity index (χ4n) is 1.88. The van der Waals surface area contributed by atoms with Crippen molar-refractivity contribution >= 4 is 56.3 Å². The molecule has 2 aromatic rings. The number of thiophene rings is 1. The normalized spacial score (nSPS) is 13.3. The molecular formula is C13H7BrCl2O3S. The van der Waals surface area contributed by atoms with Gasteiger partial charge in [-0.2, -0.15) is 0 Å². The molecule has 0 aliphatic carbocycles. The summed E-state index contributed by atoms with van der Waals surface area (Å²) in [4.78, 5) is 12.5. The van der Waals surface area contributed by atoms with Gasteiger partial charge in [-0.25, -0.2) is 0 Å². The number of ketones is 1. The maximum atomic E-state index is 12.5. The first kappa shape index (κ1) is 14.2. The molecular weight excluding hydrogens is 387 g/mol. The van der Waals surface area contributed by atoms with Gasteiger partial charge in [0.25, 0.3) is 0 Å². The average molecular weight is 394 g/mol. The highest BCUT2D eigenvalue weighted by molar-refractivity contribution is 9.10. The molecule has 1 aliphatic heterocycles. The largest absolute Gasteiger partial charge is 0.486 e. The van der Waals surface area contributed by atoms with Crippen molar-refractivity contribution in [3.63, 3.8) is 0 Å². The van der Waals surface area contributed by atoms with E-state index in [1.165, 1.54) is 11.3 Å². The van der Waals surface area contributed by atoms with E-state index < -0.39 is 0 Å². The first-order valence-electron chi connectivity index (χ1n) is 5.65. The van der Waals surface area contributed by atoms with E-state index in [9.17, 15) is 4.79 Å². The number of benzene rings is 1. The van der Waals surface area contributed by atoms with Crippen molar-refractivity contribution in [2.75, 3.05) is 13.2 Å². The molecule has 0 radical (unpaired) electrons. The van der Waals surface area contributed by atoms with Crippen LogP contribution in [0, 0.1) is 0 Å². The van der Waals surface area contributed by atoms with Gasteiger partial charge in [0.1, 0.15) is 17.6 Å². The molecule has 1 aliphatic rings. The molecule has 3 nitrogen and oxygen atoms in total. The van der Waals surface area contributed by atoms with E-state index in [4.69, 9.17) is 32.7 Å². The lowest BCUT2D eigenvalue weighted by Crippen LogP contribution is -2.16. The first-order valence-corrected chi connectivity index (χ1v) is 8.01. The molecule has 0 amide bonds. The van der Waals surface area contributed by atoms with Crippen LogP contribution in [0.1, 0.15) is 15.9 Å². The zero-order valence-corrected chi connectivity index (χ0v) is 13.8. The van der Waals surface area contributed by atoms with E-state index in [-0.39, 0.29) is 5.78 Å². The van der Waals surface area contributed by atoms with Crippen LogP contribution in [0.2, 0.25) is 8.67 Å². The van der Waals surface area contributed by atoms with Crippen molar-refractivity contribution in [1.82, 2.24) is 0 Å². The number of ether oxygens (including phenoxy) is 2. The van der Waals surface area contributed by atoms with E-state index in [0.717, 1.165) is 0 Å². The fraction of sp³-hybridized carbons (Fsp3) is 0.154. The summed E-state index contributed by atoms with van der Waals surface area (Å²) in [6.45, 7) is 0.964. The number of carbonyl (C=O) groups excluding carboxylic acids is 1. The molecule has 0 atom stereocenters. The minimum Gasteiger partial charge on any atom is -0.486 e. The Morgan fingerprint density at radius 3 is 2.35 bits per heavy atom. The molecule has 1 aromatic heterocycles. The maximum absolute atomic E-state index is 12.5. The maximum Gasteiger partial charge on any atom is 0.196 e. The van der Waals surface area contributed by atoms with Gasteiger partial charge in [0.2, 0.25) is 0 Å². The lowest BCUT2D eigenvalue weighted by molar-refractivity contribution is 0.103. The van der Waals surface area contributed by atoms with Crippen LogP contribution in [0.4, 0.5) is 0 Å². The topological polar surface area (TPSA) is 35.5 Å². The molecule has 2 heterocycles. The monoisotopic (exact) mass is 392 g/mol. The fourth-order valence-corrected chi connectivity index (χ4v) is 3.84. The van der Waals surface area contributed by atoms with Crippen LogP contribution < -0.4 is 9.47 Å². The quantitative estimate of drug-likeness (QED) is 0.686. The molecule has 0 saturated heterocycles. The summed E-state index contributed by atoms with van der Waals surface area (Å²) in [5, 5.41) is 0. The summed E-state index contributed by atoms with van der Waals surface area (Å²) in [7, 11) is 0. The third-order valence-electron chi connectivity index (χ3n) is 2.78. The second-order valence-corrected chi connectivity index (χ2v) is 7.18. The van der Waals surface area contributed by atoms with Crippen LogP contribution in [0.25, 0.3) is 0 Å². The molecule has 20 heavy (non-hydrogen) atoms. The van der Waals surface area contributed by atoms with Crippen molar-refractivity contribution in [2.24, 2.45) is 0 Å². The molecule has 0 fully saturated rings. The van der Waals surface area contributed by atoms with Crippen LogP contribution in [-0.2, 0) is 0 Å². The SMILES string of the molecule is O=C(c1cc2c(cc1Br)OCCO2)c1cc(Cl)sc1Cl. The van der Waals surface area contributed by atoms with Gasteiger partial charge in [-0.3, -0.25) is 4.79 Å². The number of hydrogen-bond donors (Lipinski definition) is 0. The van der Waals surface area contributed by atoms with Crippen molar-refractivity contribution in [3.8, 4) is 11.5 Å². The summed E-state index contributed by atoms with van der Waals surface area (Å²) >= 11 is 16.4. The molecule has 104 valence electrons. The molecule has 3 rings (SSSR count). The van der Waals surface area contributed by atoms with E-state index >= 15 is 0 Å². The van der Waals surface area contributed by atoms with Gasteiger partial charge in [0.15, 0.2) is 17.3 Å². The highest BCUT2D eigenvalue weighted by Gasteiger charge is 2.22. The second-order valence-electron chi connectivity index (χ2n) is 4.04. The van der Waals surface area contributed by atoms with Crippen LogP contribution in [0.15, 0.2) is 22.7 Å². The molecule has 1 aromatic carbocycles. The minimum atomic E-state index is -0.206. The summed E-state index contributed by atoms with van der Waals surface area (Å²) < 4.78 is 12.4. The van der Waals surface area contributed by atoms with Crippen LogP contribution >= 0.6 is 50.5 Å². The van der Waals surface area contributed by atoms with Crippen molar-refractivity contribution < 1.29 is 14.3 Å². The van der Waals surface area contributed by atoms with Crippen molar-refractivity contribution in [2.45, 2.75) is 0 Å². The van der Waals surface area contributed by atoms with Gasteiger partial charge in [-0.15, -0.1) is 11.3 Å². The predicted octanol–water partition coefficient (Wildman–Crippen LogP) is 4.82. The lowest BCUT2D eigenvalue weighted by Gasteiger charge is -2.19. The number of carbonyl (C=O) groups is 1. The zero-order chi connectivity index (χ0) is 14.3. The second kappa shape index (κ2) is 5.56. The Bertz CT molecular complexity index is 699. The Balaban J connectivity index is 2.05. The highest BCUT2D eigenvalue weighted by Crippen LogP contribution is 2.38. The Morgan fingerprint density at radius 2 is 1.75 bits per heavy atom. The number of halogens is 3. The molecule has 0 unspecified atom stereocenters. The Hall–Kier alpha value is -0.750. The first-order chi connectivity index (χ1) is 9.56. The van der Waals surface area contributed by atoms with Crippen molar-refractivity contribution in [3.05, 3.63) is 42.5 Å². The third-order valence-corrected chi connectivity index (χ3v) is 4.92. The van der Waals surface area contributed by atoms with Gasteiger partial charge in [-0.05, 0) is 34.1 Å². The van der Waals surface area contributed by atoms with E-state index in [1.807, 2.05) is 0 Å². The van der Waals surface area contributed by atoms with Gasteiger partial charge >= 0.3 is 0 Å². The van der Waals surface area contributed by atoms with Crippen LogP contribution in [0.5, 0.6) is 11.5 Å². The zero-order valence-electron chi connectivity index (χ0n) is 9.91. The Labute approximate surface area is 137 Å². The van der Waals surface area contributed by atoms with Gasteiger partial charge in [0, 0.05) is 10.0 Å². The summed E-state index contributed by atoms with van der Waals surface area (Å²) in [6, 6.07) is 4.95. The lowest BCUT2D eigenvalue weighted by atomic mass is 10.1. The van der Waals surface area contributed by atoms with E-state index in [1.54, 1.807) is 18.2 Å². The average Bonchev–Trinajstić information content (AvgIpc) is 2.76. The van der Waals surface area contributed by atoms with Crippen molar-refractivity contribution in [1.29, 1.82) is 0 Å². The summed E-state index contributed by atoms with van der Waals surface area (Å²) in [6.07, 6.45) is 0. The smallest absolute Gasteiger partial charge is 0.196 e. The molecule has 0 spiro atoms. The Kier molecular flexibility index (Phi) is 3.95. The van der Waals surface area contributed by atoms with Gasteiger partial charge in [-0.1, -0.05) is 23.2 Å². The summed E-state index contributed by atoms with van der Waals surface area (Å²) in [5.41, 5.74) is 0.852. The molecule has 0 N–H and O–H groups in total. The highest BCUT2D eigenvalue weighted by atomic mass is 79.9.